The van der Waals surface area contributed by atoms with Crippen molar-refractivity contribution in [2.45, 2.75) is 20.8 Å². The highest BCUT2D eigenvalue weighted by Gasteiger charge is 2.11. The fourth-order valence-electron chi connectivity index (χ4n) is 0.620. The van der Waals surface area contributed by atoms with E-state index in [1.807, 2.05) is 26.8 Å². The van der Waals surface area contributed by atoms with Gasteiger partial charge in [0, 0.05) is 5.92 Å². The van der Waals surface area contributed by atoms with Crippen LogP contribution in [-0.2, 0) is 4.79 Å². The molecule has 0 radical (unpaired) electrons. The first-order chi connectivity index (χ1) is 4.63. The number of hydrogen-bond donors (Lipinski definition) is 0. The predicted octanol–water partition coefficient (Wildman–Crippen LogP) is 2.40. The van der Waals surface area contributed by atoms with Crippen LogP contribution in [0.15, 0.2) is 11.6 Å². The monoisotopic (exact) mass is 160 g/mol. The highest BCUT2D eigenvalue weighted by atomic mass is 35.5. The summed E-state index contributed by atoms with van der Waals surface area (Å²) in [6, 6.07) is 0. The van der Waals surface area contributed by atoms with Crippen molar-refractivity contribution in [2.24, 2.45) is 5.92 Å². The molecule has 0 bridgehead atoms. The van der Waals surface area contributed by atoms with Gasteiger partial charge in [0.25, 0.3) is 0 Å². The second-order valence-corrected chi connectivity index (χ2v) is 2.62. The van der Waals surface area contributed by atoms with Crippen LogP contribution in [0.4, 0.5) is 0 Å². The van der Waals surface area contributed by atoms with Crippen molar-refractivity contribution in [2.75, 3.05) is 5.88 Å². The SMILES string of the molecule is C/C=C(/C)C(C)C(=O)CCl. The van der Waals surface area contributed by atoms with E-state index in [0.29, 0.717) is 0 Å². The van der Waals surface area contributed by atoms with Crippen LogP contribution in [0.5, 0.6) is 0 Å². The summed E-state index contributed by atoms with van der Waals surface area (Å²) in [7, 11) is 0. The second-order valence-electron chi connectivity index (χ2n) is 2.35. The summed E-state index contributed by atoms with van der Waals surface area (Å²) in [6.45, 7) is 5.74. The van der Waals surface area contributed by atoms with Gasteiger partial charge in [0.15, 0.2) is 5.78 Å². The number of Topliss-reactive ketones (excluding diaryl/α,β-unsaturated/α-hetero) is 1. The normalized spacial score (nSPS) is 15.0. The Morgan fingerprint density at radius 1 is 1.70 bits per heavy atom. The van der Waals surface area contributed by atoms with Gasteiger partial charge in [-0.1, -0.05) is 18.6 Å². The molecule has 0 fully saturated rings. The van der Waals surface area contributed by atoms with Crippen molar-refractivity contribution >= 4 is 17.4 Å². The Bertz CT molecular complexity index is 149. The number of halogens is 1. The van der Waals surface area contributed by atoms with E-state index >= 15 is 0 Å². The lowest BCUT2D eigenvalue weighted by atomic mass is 9.99. The van der Waals surface area contributed by atoms with E-state index in [4.69, 9.17) is 11.6 Å². The first-order valence-electron chi connectivity index (χ1n) is 3.35. The van der Waals surface area contributed by atoms with Gasteiger partial charge >= 0.3 is 0 Å². The quantitative estimate of drug-likeness (QED) is 0.458. The molecule has 0 N–H and O–H groups in total. The van der Waals surface area contributed by atoms with Crippen molar-refractivity contribution in [1.82, 2.24) is 0 Å². The maximum absolute atomic E-state index is 10.9. The molecule has 0 rings (SSSR count). The first-order valence-corrected chi connectivity index (χ1v) is 3.88. The zero-order valence-electron chi connectivity index (χ0n) is 6.65. The van der Waals surface area contributed by atoms with Crippen molar-refractivity contribution in [3.63, 3.8) is 0 Å². The van der Waals surface area contributed by atoms with Gasteiger partial charge in [0.1, 0.15) is 0 Å². The molecule has 0 aromatic carbocycles. The Kier molecular flexibility index (Phi) is 4.37. The number of carbonyl (C=O) groups excluding carboxylic acids is 1. The third kappa shape index (κ3) is 2.53. The Balaban J connectivity index is 4.08. The van der Waals surface area contributed by atoms with Crippen LogP contribution in [0.2, 0.25) is 0 Å². The predicted molar refractivity (Wildman–Crippen MR) is 44.3 cm³/mol. The summed E-state index contributed by atoms with van der Waals surface area (Å²) < 4.78 is 0. The maximum atomic E-state index is 10.9. The van der Waals surface area contributed by atoms with Crippen molar-refractivity contribution in [1.29, 1.82) is 0 Å². The molecule has 0 aromatic heterocycles. The number of hydrogen-bond acceptors (Lipinski definition) is 1. The van der Waals surface area contributed by atoms with Gasteiger partial charge in [-0.2, -0.15) is 0 Å². The molecule has 1 atom stereocenters. The summed E-state index contributed by atoms with van der Waals surface area (Å²) in [5.41, 5.74) is 1.09. The number of ketones is 1. The Morgan fingerprint density at radius 2 is 2.20 bits per heavy atom. The molecular weight excluding hydrogens is 148 g/mol. The van der Waals surface area contributed by atoms with Gasteiger partial charge < -0.3 is 0 Å². The summed E-state index contributed by atoms with van der Waals surface area (Å²) in [6.07, 6.45) is 1.94. The number of rotatable bonds is 3. The third-order valence-electron chi connectivity index (χ3n) is 1.75. The topological polar surface area (TPSA) is 17.1 Å². The lowest BCUT2D eigenvalue weighted by Gasteiger charge is -2.07. The molecule has 0 aliphatic rings. The van der Waals surface area contributed by atoms with Crippen molar-refractivity contribution in [3.8, 4) is 0 Å². The van der Waals surface area contributed by atoms with Crippen LogP contribution in [-0.4, -0.2) is 11.7 Å². The molecule has 0 spiro atoms. The molecule has 2 heteroatoms. The molecule has 0 saturated carbocycles. The number of allylic oxidation sites excluding steroid dienone is 2. The van der Waals surface area contributed by atoms with E-state index in [0.717, 1.165) is 5.57 Å². The lowest BCUT2D eigenvalue weighted by molar-refractivity contribution is -0.118. The molecule has 10 heavy (non-hydrogen) atoms. The molecular formula is C8H13ClO. The largest absolute Gasteiger partial charge is 0.298 e. The molecule has 1 unspecified atom stereocenters. The third-order valence-corrected chi connectivity index (χ3v) is 2.02. The summed E-state index contributed by atoms with van der Waals surface area (Å²) in [5, 5.41) is 0. The van der Waals surface area contributed by atoms with E-state index < -0.39 is 0 Å². The Labute approximate surface area is 67.1 Å². The van der Waals surface area contributed by atoms with Crippen LogP contribution in [0.3, 0.4) is 0 Å². The minimum Gasteiger partial charge on any atom is -0.298 e. The van der Waals surface area contributed by atoms with Gasteiger partial charge in [0.05, 0.1) is 5.88 Å². The molecule has 58 valence electrons. The summed E-state index contributed by atoms with van der Waals surface area (Å²) in [5.74, 6) is 0.201. The maximum Gasteiger partial charge on any atom is 0.154 e. The van der Waals surface area contributed by atoms with Crippen LogP contribution in [0, 0.1) is 5.92 Å². The highest BCUT2D eigenvalue weighted by Crippen LogP contribution is 2.10. The smallest absolute Gasteiger partial charge is 0.154 e. The first kappa shape index (κ1) is 9.70. The van der Waals surface area contributed by atoms with Crippen LogP contribution in [0.25, 0.3) is 0 Å². The van der Waals surface area contributed by atoms with E-state index in [1.165, 1.54) is 0 Å². The van der Waals surface area contributed by atoms with Gasteiger partial charge in [-0.05, 0) is 13.8 Å². The van der Waals surface area contributed by atoms with E-state index in [9.17, 15) is 4.79 Å². The van der Waals surface area contributed by atoms with Gasteiger partial charge in [-0.25, -0.2) is 0 Å². The van der Waals surface area contributed by atoms with E-state index in [1.54, 1.807) is 0 Å². The summed E-state index contributed by atoms with van der Waals surface area (Å²) >= 11 is 5.37. The van der Waals surface area contributed by atoms with E-state index in [-0.39, 0.29) is 17.6 Å². The van der Waals surface area contributed by atoms with Crippen LogP contribution >= 0.6 is 11.6 Å². The Morgan fingerprint density at radius 3 is 2.50 bits per heavy atom. The second kappa shape index (κ2) is 4.51. The molecule has 0 aromatic rings. The summed E-state index contributed by atoms with van der Waals surface area (Å²) in [4.78, 5) is 10.9. The zero-order chi connectivity index (χ0) is 8.15. The minimum atomic E-state index is -0.0116. The highest BCUT2D eigenvalue weighted by molar-refractivity contribution is 6.28. The van der Waals surface area contributed by atoms with Gasteiger partial charge in [-0.15, -0.1) is 11.6 Å². The molecule has 0 heterocycles. The van der Waals surface area contributed by atoms with Crippen LogP contribution < -0.4 is 0 Å². The molecule has 1 nitrogen and oxygen atoms in total. The van der Waals surface area contributed by atoms with Crippen LogP contribution in [0.1, 0.15) is 20.8 Å². The number of alkyl halides is 1. The average molecular weight is 161 g/mol. The van der Waals surface area contributed by atoms with Crippen molar-refractivity contribution in [3.05, 3.63) is 11.6 Å². The zero-order valence-corrected chi connectivity index (χ0v) is 7.40. The lowest BCUT2D eigenvalue weighted by Crippen LogP contribution is -2.12. The molecule has 0 aliphatic heterocycles. The standard InChI is InChI=1S/C8H13ClO/c1-4-6(2)7(3)8(10)5-9/h4,7H,5H2,1-3H3/b6-4-. The molecule has 0 saturated heterocycles. The Hall–Kier alpha value is -0.300. The fraction of sp³-hybridized carbons (Fsp3) is 0.625. The van der Waals surface area contributed by atoms with Crippen molar-refractivity contribution < 1.29 is 4.79 Å². The molecule has 0 aliphatic carbocycles. The fourth-order valence-corrected chi connectivity index (χ4v) is 0.851. The average Bonchev–Trinajstić information content (AvgIpc) is 2.00. The minimum absolute atomic E-state index is 0.0116. The van der Waals surface area contributed by atoms with E-state index in [2.05, 4.69) is 0 Å². The van der Waals surface area contributed by atoms with Gasteiger partial charge in [-0.3, -0.25) is 4.79 Å². The number of carbonyl (C=O) groups is 1. The molecule has 0 amide bonds. The van der Waals surface area contributed by atoms with Gasteiger partial charge in [0.2, 0.25) is 0 Å².